The van der Waals surface area contributed by atoms with Crippen LogP contribution < -0.4 is 10.0 Å². The first kappa shape index (κ1) is 28.6. The molecular weight excluding hydrogens is 394 g/mol. The minimum absolute atomic E-state index is 0.0580. The molecule has 0 amide bonds. The van der Waals surface area contributed by atoms with Gasteiger partial charge in [-0.15, -0.1) is 11.3 Å². The second kappa shape index (κ2) is 16.4. The maximum absolute atomic E-state index is 10.2. The molecule has 0 aliphatic carbocycles. The summed E-state index contributed by atoms with van der Waals surface area (Å²) < 4.78 is 16.8. The lowest BCUT2D eigenvalue weighted by Gasteiger charge is -2.25. The number of hydrogen-bond acceptors (Lipinski definition) is 6. The lowest BCUT2D eigenvalue weighted by atomic mass is 9.81. The zero-order valence-electron chi connectivity index (χ0n) is 18.3. The van der Waals surface area contributed by atoms with Crippen molar-refractivity contribution in [2.45, 2.75) is 47.0 Å². The van der Waals surface area contributed by atoms with Crippen LogP contribution in [0.1, 0.15) is 45.2 Å². The summed E-state index contributed by atoms with van der Waals surface area (Å²) in [4.78, 5) is 15.4. The average Bonchev–Trinajstić information content (AvgIpc) is 3.09. The van der Waals surface area contributed by atoms with Crippen LogP contribution in [-0.4, -0.2) is 36.2 Å². The molecule has 1 unspecified atom stereocenters. The van der Waals surface area contributed by atoms with Crippen molar-refractivity contribution in [3.63, 3.8) is 0 Å². The highest BCUT2D eigenvalue weighted by molar-refractivity contribution is 7.78. The highest BCUT2D eigenvalue weighted by Gasteiger charge is 2.28. The number of aromatic nitrogens is 1. The maximum atomic E-state index is 10.2. The number of hydrogen-bond donors (Lipinski definition) is 2. The third-order valence-corrected chi connectivity index (χ3v) is 5.54. The first-order valence-corrected chi connectivity index (χ1v) is 10.9. The van der Waals surface area contributed by atoms with Crippen LogP contribution in [0.2, 0.25) is 0 Å². The zero-order valence-corrected chi connectivity index (χ0v) is 19.9. The topological polar surface area (TPSA) is 80.3 Å². The van der Waals surface area contributed by atoms with Crippen molar-refractivity contribution in [2.24, 2.45) is 0 Å². The number of carbonyl (C=O) groups is 1. The molecule has 0 aliphatic heterocycles. The summed E-state index contributed by atoms with van der Waals surface area (Å²) >= 11 is 0.207. The number of carbonyl (C=O) groups excluding carboxylic acids is 1. The number of anilines is 1. The fourth-order valence-electron chi connectivity index (χ4n) is 2.14. The highest BCUT2D eigenvalue weighted by Crippen LogP contribution is 2.39. The van der Waals surface area contributed by atoms with Crippen LogP contribution in [0.3, 0.4) is 0 Å². The fraction of sp³-hybridized carbons (Fsp3) is 0.500. The minimum atomic E-state index is -1.51. The summed E-state index contributed by atoms with van der Waals surface area (Å²) in [6.45, 7) is 16.2. The van der Waals surface area contributed by atoms with Gasteiger partial charge in [0, 0.05) is 17.3 Å². The SMILES string of the molecule is C=C/C=C(\C=C/C)C(C)(C)c1sc(NC)nc1C.CC.CNS(=O)OCC=O. The van der Waals surface area contributed by atoms with Gasteiger partial charge in [-0.3, -0.25) is 4.18 Å². The number of nitrogens with zero attached hydrogens (tertiary/aromatic N) is 1. The number of rotatable bonds is 9. The molecule has 0 aliphatic rings. The van der Waals surface area contributed by atoms with Crippen LogP contribution in [0, 0.1) is 6.92 Å². The standard InChI is InChI=1S/C15H22N2S.C3H7NO3S.C2H6/c1-7-9-12(10-8-2)15(4,5)13-11(3)17-14(16-6)18-13;1-4-8(6)7-3-2-5;1-2/h7-10H,1H2,2-6H3,(H,16,17);2,4H,3H2,1H3;1-2H3/b10-8-,12-9+;;. The molecule has 0 saturated carbocycles. The van der Waals surface area contributed by atoms with Crippen LogP contribution in [0.25, 0.3) is 0 Å². The van der Waals surface area contributed by atoms with Crippen LogP contribution in [0.15, 0.2) is 36.5 Å². The molecule has 1 heterocycles. The molecule has 1 rings (SSSR count). The molecule has 0 saturated heterocycles. The average molecular weight is 430 g/mol. The van der Waals surface area contributed by atoms with E-state index in [-0.39, 0.29) is 12.0 Å². The van der Waals surface area contributed by atoms with Crippen molar-refractivity contribution < 1.29 is 13.2 Å². The Morgan fingerprint density at radius 3 is 2.36 bits per heavy atom. The molecule has 0 radical (unpaired) electrons. The van der Waals surface area contributed by atoms with Gasteiger partial charge in [0.1, 0.15) is 12.9 Å². The molecule has 160 valence electrons. The number of aldehydes is 1. The Kier molecular flexibility index (Phi) is 16.7. The van der Waals surface area contributed by atoms with Crippen LogP contribution in [-0.2, 0) is 25.7 Å². The van der Waals surface area contributed by atoms with Crippen LogP contribution >= 0.6 is 11.3 Å². The Labute approximate surface area is 177 Å². The van der Waals surface area contributed by atoms with E-state index in [4.69, 9.17) is 0 Å². The Bertz CT molecular complexity index is 666. The summed E-state index contributed by atoms with van der Waals surface area (Å²) in [6, 6.07) is 0. The third kappa shape index (κ3) is 10.1. The second-order valence-corrected chi connectivity index (χ2v) is 7.67. The van der Waals surface area contributed by atoms with Gasteiger partial charge in [-0.05, 0) is 26.5 Å². The Morgan fingerprint density at radius 2 is 1.96 bits per heavy atom. The first-order valence-electron chi connectivity index (χ1n) is 9.06. The van der Waals surface area contributed by atoms with E-state index in [1.807, 2.05) is 33.9 Å². The van der Waals surface area contributed by atoms with E-state index in [1.54, 1.807) is 11.3 Å². The second-order valence-electron chi connectivity index (χ2n) is 5.56. The molecule has 0 bridgehead atoms. The number of aryl methyl sites for hydroxylation is 1. The largest absolute Gasteiger partial charge is 0.365 e. The molecule has 1 aromatic heterocycles. The smallest absolute Gasteiger partial charge is 0.234 e. The van der Waals surface area contributed by atoms with Crippen molar-refractivity contribution in [2.75, 3.05) is 26.0 Å². The number of thiazole rings is 1. The van der Waals surface area contributed by atoms with E-state index in [1.165, 1.54) is 17.5 Å². The Balaban J connectivity index is 0. The van der Waals surface area contributed by atoms with Crippen molar-refractivity contribution in [1.29, 1.82) is 0 Å². The molecule has 1 aromatic rings. The molecule has 28 heavy (non-hydrogen) atoms. The van der Waals surface area contributed by atoms with Crippen molar-refractivity contribution in [3.05, 3.63) is 47.0 Å². The zero-order chi connectivity index (χ0) is 22.2. The first-order chi connectivity index (χ1) is 13.3. The van der Waals surface area contributed by atoms with Gasteiger partial charge in [0.25, 0.3) is 0 Å². The number of allylic oxidation sites excluding steroid dienone is 5. The van der Waals surface area contributed by atoms with Gasteiger partial charge in [0.2, 0.25) is 11.3 Å². The minimum Gasteiger partial charge on any atom is -0.365 e. The summed E-state index contributed by atoms with van der Waals surface area (Å²) in [7, 11) is 3.38. The van der Waals surface area contributed by atoms with E-state index in [2.05, 4.69) is 64.8 Å². The molecule has 6 nitrogen and oxygen atoms in total. The van der Waals surface area contributed by atoms with Crippen molar-refractivity contribution >= 4 is 34.0 Å². The summed E-state index contributed by atoms with van der Waals surface area (Å²) in [5.74, 6) is 0. The van der Waals surface area contributed by atoms with E-state index in [0.29, 0.717) is 6.29 Å². The quantitative estimate of drug-likeness (QED) is 0.447. The van der Waals surface area contributed by atoms with Crippen LogP contribution in [0.5, 0.6) is 0 Å². The van der Waals surface area contributed by atoms with Gasteiger partial charge in [-0.2, -0.15) is 0 Å². The Hall–Kier alpha value is -1.61. The normalized spacial score (nSPS) is 12.4. The van der Waals surface area contributed by atoms with E-state index < -0.39 is 11.3 Å². The lowest BCUT2D eigenvalue weighted by Crippen LogP contribution is -2.19. The van der Waals surface area contributed by atoms with Gasteiger partial charge in [-0.25, -0.2) is 13.9 Å². The van der Waals surface area contributed by atoms with Gasteiger partial charge in [-0.1, -0.05) is 58.6 Å². The van der Waals surface area contributed by atoms with Gasteiger partial charge < -0.3 is 10.1 Å². The predicted molar refractivity (Wildman–Crippen MR) is 123 cm³/mol. The van der Waals surface area contributed by atoms with Gasteiger partial charge >= 0.3 is 0 Å². The van der Waals surface area contributed by atoms with E-state index in [9.17, 15) is 9.00 Å². The molecule has 0 aromatic carbocycles. The summed E-state index contributed by atoms with van der Waals surface area (Å²) in [5, 5.41) is 4.08. The molecule has 1 atom stereocenters. The lowest BCUT2D eigenvalue weighted by molar-refractivity contribution is -0.109. The van der Waals surface area contributed by atoms with Crippen molar-refractivity contribution in [1.82, 2.24) is 9.71 Å². The van der Waals surface area contributed by atoms with Crippen LogP contribution in [0.4, 0.5) is 5.13 Å². The van der Waals surface area contributed by atoms with E-state index in [0.717, 1.165) is 10.8 Å². The molecule has 0 spiro atoms. The maximum Gasteiger partial charge on any atom is 0.234 e. The molecule has 8 heteroatoms. The van der Waals surface area contributed by atoms with Gasteiger partial charge in [0.15, 0.2) is 5.13 Å². The van der Waals surface area contributed by atoms with Crippen molar-refractivity contribution in [3.8, 4) is 0 Å². The number of nitrogens with one attached hydrogen (secondary N) is 2. The summed E-state index contributed by atoms with van der Waals surface area (Å²) in [6.07, 6.45) is 8.65. The van der Waals surface area contributed by atoms with Gasteiger partial charge in [0.05, 0.1) is 5.69 Å². The monoisotopic (exact) mass is 429 g/mol. The third-order valence-electron chi connectivity index (χ3n) is 3.35. The highest BCUT2D eigenvalue weighted by atomic mass is 32.2. The summed E-state index contributed by atoms with van der Waals surface area (Å²) in [5.41, 5.74) is 2.28. The predicted octanol–water partition coefficient (Wildman–Crippen LogP) is 4.49. The molecule has 0 fully saturated rings. The molecular formula is C20H35N3O3S2. The Morgan fingerprint density at radius 1 is 1.36 bits per heavy atom. The van der Waals surface area contributed by atoms with E-state index >= 15 is 0 Å². The molecule has 2 N–H and O–H groups in total. The fourth-order valence-corrected chi connectivity index (χ4v) is 3.48.